The molecule has 3 rings (SSSR count). The first kappa shape index (κ1) is 24.7. The van der Waals surface area contributed by atoms with Crippen LogP contribution >= 0.6 is 0 Å². The van der Waals surface area contributed by atoms with Gasteiger partial charge in [0, 0.05) is 17.8 Å². The summed E-state index contributed by atoms with van der Waals surface area (Å²) in [6.45, 7) is 0.163. The average molecular weight is 487 g/mol. The highest BCUT2D eigenvalue weighted by Crippen LogP contribution is 2.38. The Morgan fingerprint density at radius 3 is 2.03 bits per heavy atom. The standard InChI is InChI=1S/C24H26N2O7S/c1-30-19-10-8-18(9-11-19)26-34(28,29)20-7-5-6-17(14-20)24(27)25-15-16-12-21(31-2)23(33-4)22(13-16)32-3/h5-14,26H,15H2,1-4H3,(H,25,27). The number of ether oxygens (including phenoxy) is 4. The van der Waals surface area contributed by atoms with E-state index in [1.807, 2.05) is 0 Å². The monoisotopic (exact) mass is 486 g/mol. The van der Waals surface area contributed by atoms with Crippen molar-refractivity contribution < 1.29 is 32.2 Å². The molecule has 0 aliphatic rings. The number of benzene rings is 3. The molecule has 0 saturated carbocycles. The van der Waals surface area contributed by atoms with Crippen molar-refractivity contribution >= 4 is 21.6 Å². The normalized spacial score (nSPS) is 10.8. The van der Waals surface area contributed by atoms with Crippen LogP contribution in [-0.2, 0) is 16.6 Å². The maximum atomic E-state index is 12.8. The molecule has 0 fully saturated rings. The number of hydrogen-bond acceptors (Lipinski definition) is 7. The quantitative estimate of drug-likeness (QED) is 0.451. The van der Waals surface area contributed by atoms with Gasteiger partial charge >= 0.3 is 0 Å². The zero-order chi connectivity index (χ0) is 24.7. The number of carbonyl (C=O) groups excluding carboxylic acids is 1. The van der Waals surface area contributed by atoms with E-state index in [0.717, 1.165) is 0 Å². The van der Waals surface area contributed by atoms with E-state index in [2.05, 4.69) is 10.0 Å². The van der Waals surface area contributed by atoms with Gasteiger partial charge in [-0.05, 0) is 60.2 Å². The summed E-state index contributed by atoms with van der Waals surface area (Å²) in [5, 5.41) is 2.78. The summed E-state index contributed by atoms with van der Waals surface area (Å²) < 4.78 is 49.1. The van der Waals surface area contributed by atoms with Gasteiger partial charge in [-0.3, -0.25) is 9.52 Å². The van der Waals surface area contributed by atoms with Crippen LogP contribution in [0.1, 0.15) is 15.9 Å². The molecule has 9 nitrogen and oxygen atoms in total. The summed E-state index contributed by atoms with van der Waals surface area (Å²) in [6, 6.07) is 15.7. The zero-order valence-corrected chi connectivity index (χ0v) is 20.1. The summed E-state index contributed by atoms with van der Waals surface area (Å²) in [5.41, 5.74) is 1.29. The molecule has 3 aromatic rings. The van der Waals surface area contributed by atoms with Gasteiger partial charge in [-0.2, -0.15) is 0 Å². The average Bonchev–Trinajstić information content (AvgIpc) is 2.86. The summed E-state index contributed by atoms with van der Waals surface area (Å²) in [7, 11) is 2.14. The fourth-order valence-corrected chi connectivity index (χ4v) is 4.30. The Morgan fingerprint density at radius 1 is 0.824 bits per heavy atom. The van der Waals surface area contributed by atoms with Crippen LogP contribution in [0.25, 0.3) is 0 Å². The SMILES string of the molecule is COc1ccc(NS(=O)(=O)c2cccc(C(=O)NCc3cc(OC)c(OC)c(OC)c3)c2)cc1. The first-order valence-corrected chi connectivity index (χ1v) is 11.6. The maximum Gasteiger partial charge on any atom is 0.261 e. The number of nitrogens with one attached hydrogen (secondary N) is 2. The Morgan fingerprint density at radius 2 is 1.47 bits per heavy atom. The molecule has 0 aromatic heterocycles. The number of anilines is 1. The van der Waals surface area contributed by atoms with Gasteiger partial charge in [0.25, 0.3) is 15.9 Å². The van der Waals surface area contributed by atoms with Crippen LogP contribution in [0, 0.1) is 0 Å². The third kappa shape index (κ3) is 5.70. The highest BCUT2D eigenvalue weighted by Gasteiger charge is 2.18. The lowest BCUT2D eigenvalue weighted by Crippen LogP contribution is -2.23. The van der Waals surface area contributed by atoms with Gasteiger partial charge in [-0.1, -0.05) is 6.07 Å². The highest BCUT2D eigenvalue weighted by molar-refractivity contribution is 7.92. The van der Waals surface area contributed by atoms with Gasteiger partial charge in [0.1, 0.15) is 5.75 Å². The molecule has 2 N–H and O–H groups in total. The molecule has 0 atom stereocenters. The first-order chi connectivity index (χ1) is 16.3. The molecule has 0 bridgehead atoms. The van der Waals surface area contributed by atoms with Crippen molar-refractivity contribution in [1.82, 2.24) is 5.32 Å². The van der Waals surface area contributed by atoms with E-state index >= 15 is 0 Å². The lowest BCUT2D eigenvalue weighted by Gasteiger charge is -2.14. The minimum atomic E-state index is -3.90. The van der Waals surface area contributed by atoms with E-state index in [0.29, 0.717) is 34.2 Å². The van der Waals surface area contributed by atoms with Gasteiger partial charge < -0.3 is 24.3 Å². The Bertz CT molecular complexity index is 1230. The number of amides is 1. The Labute approximate surface area is 198 Å². The molecule has 34 heavy (non-hydrogen) atoms. The van der Waals surface area contributed by atoms with Crippen LogP contribution in [0.2, 0.25) is 0 Å². The third-order valence-corrected chi connectivity index (χ3v) is 6.31. The third-order valence-electron chi connectivity index (χ3n) is 4.93. The van der Waals surface area contributed by atoms with E-state index in [-0.39, 0.29) is 17.0 Å². The molecule has 0 aliphatic heterocycles. The molecular weight excluding hydrogens is 460 g/mol. The largest absolute Gasteiger partial charge is 0.497 e. The van der Waals surface area contributed by atoms with Gasteiger partial charge in [0.15, 0.2) is 11.5 Å². The van der Waals surface area contributed by atoms with E-state index in [9.17, 15) is 13.2 Å². The zero-order valence-electron chi connectivity index (χ0n) is 19.2. The highest BCUT2D eigenvalue weighted by atomic mass is 32.2. The second-order valence-electron chi connectivity index (χ2n) is 7.08. The lowest BCUT2D eigenvalue weighted by molar-refractivity contribution is 0.0950. The minimum absolute atomic E-state index is 0.0382. The molecular formula is C24H26N2O7S. The Hall–Kier alpha value is -3.92. The summed E-state index contributed by atoms with van der Waals surface area (Å²) in [4.78, 5) is 12.7. The second kappa shape index (κ2) is 10.8. The molecule has 0 saturated heterocycles. The fourth-order valence-electron chi connectivity index (χ4n) is 3.20. The first-order valence-electron chi connectivity index (χ1n) is 10.1. The van der Waals surface area contributed by atoms with Crippen LogP contribution in [0.3, 0.4) is 0 Å². The number of methoxy groups -OCH3 is 4. The number of rotatable bonds is 10. The molecule has 0 spiro atoms. The van der Waals surface area contributed by atoms with Crippen molar-refractivity contribution in [1.29, 1.82) is 0 Å². The summed E-state index contributed by atoms with van der Waals surface area (Å²) >= 11 is 0. The van der Waals surface area contributed by atoms with E-state index in [4.69, 9.17) is 18.9 Å². The van der Waals surface area contributed by atoms with Crippen LogP contribution in [0.15, 0.2) is 65.6 Å². The maximum absolute atomic E-state index is 12.8. The predicted octanol–water partition coefficient (Wildman–Crippen LogP) is 3.45. The van der Waals surface area contributed by atoms with Crippen LogP contribution in [0.4, 0.5) is 5.69 Å². The van der Waals surface area contributed by atoms with Crippen molar-refractivity contribution in [3.8, 4) is 23.0 Å². The Balaban J connectivity index is 1.74. The van der Waals surface area contributed by atoms with Gasteiger partial charge in [0.05, 0.1) is 33.3 Å². The Kier molecular flexibility index (Phi) is 7.85. The molecule has 10 heteroatoms. The van der Waals surface area contributed by atoms with E-state index in [1.54, 1.807) is 36.4 Å². The molecule has 3 aromatic carbocycles. The van der Waals surface area contributed by atoms with Gasteiger partial charge in [-0.15, -0.1) is 0 Å². The fraction of sp³-hybridized carbons (Fsp3) is 0.208. The smallest absolute Gasteiger partial charge is 0.261 e. The molecule has 0 heterocycles. The molecule has 1 amide bonds. The van der Waals surface area contributed by atoms with Crippen molar-refractivity contribution in [2.24, 2.45) is 0 Å². The van der Waals surface area contributed by atoms with Gasteiger partial charge in [-0.25, -0.2) is 8.42 Å². The predicted molar refractivity (Wildman–Crippen MR) is 128 cm³/mol. The molecule has 0 unspecified atom stereocenters. The molecule has 0 radical (unpaired) electrons. The number of hydrogen-bond donors (Lipinski definition) is 2. The van der Waals surface area contributed by atoms with Crippen LogP contribution < -0.4 is 29.0 Å². The number of sulfonamides is 1. The number of carbonyl (C=O) groups is 1. The second-order valence-corrected chi connectivity index (χ2v) is 8.76. The van der Waals surface area contributed by atoms with Crippen molar-refractivity contribution in [2.45, 2.75) is 11.4 Å². The lowest BCUT2D eigenvalue weighted by atomic mass is 10.1. The van der Waals surface area contributed by atoms with Crippen molar-refractivity contribution in [2.75, 3.05) is 33.2 Å². The molecule has 0 aliphatic carbocycles. The summed E-state index contributed by atoms with van der Waals surface area (Å²) in [5.74, 6) is 1.54. The van der Waals surface area contributed by atoms with E-state index in [1.165, 1.54) is 52.7 Å². The van der Waals surface area contributed by atoms with Crippen LogP contribution in [0.5, 0.6) is 23.0 Å². The van der Waals surface area contributed by atoms with Gasteiger partial charge in [0.2, 0.25) is 5.75 Å². The van der Waals surface area contributed by atoms with Crippen molar-refractivity contribution in [3.05, 3.63) is 71.8 Å². The van der Waals surface area contributed by atoms with Crippen molar-refractivity contribution in [3.63, 3.8) is 0 Å². The minimum Gasteiger partial charge on any atom is -0.497 e. The topological polar surface area (TPSA) is 112 Å². The summed E-state index contributed by atoms with van der Waals surface area (Å²) in [6.07, 6.45) is 0. The van der Waals surface area contributed by atoms with E-state index < -0.39 is 15.9 Å². The molecule has 180 valence electrons. The van der Waals surface area contributed by atoms with Crippen LogP contribution in [-0.4, -0.2) is 42.8 Å².